The Hall–Kier alpha value is -0.280. The van der Waals surface area contributed by atoms with Crippen LogP contribution in [0.2, 0.25) is 0 Å². The summed E-state index contributed by atoms with van der Waals surface area (Å²) >= 11 is 0. The van der Waals surface area contributed by atoms with Gasteiger partial charge in [0.2, 0.25) is 5.91 Å². The largest absolute Gasteiger partial charge is 0.353 e. The van der Waals surface area contributed by atoms with E-state index in [0.717, 1.165) is 31.6 Å². The molecule has 2 fully saturated rings. The summed E-state index contributed by atoms with van der Waals surface area (Å²) in [6, 6.07) is 0.644. The second kappa shape index (κ2) is 6.76. The third kappa shape index (κ3) is 3.86. The second-order valence-electron chi connectivity index (χ2n) is 6.28. The van der Waals surface area contributed by atoms with Crippen LogP contribution in [0, 0.1) is 17.8 Å². The minimum absolute atomic E-state index is 0. The van der Waals surface area contributed by atoms with Gasteiger partial charge in [0.15, 0.2) is 0 Å². The standard InChI is InChI=1S/C14H26N2O.ClH/c1-9-3-6-13(10(2)7-9)16-14(17)11-4-5-12(15)8-11;/h9-13H,3-8,15H2,1-2H3,(H,16,17);1H. The zero-order valence-electron chi connectivity index (χ0n) is 11.5. The third-order valence-electron chi connectivity index (χ3n) is 4.60. The summed E-state index contributed by atoms with van der Waals surface area (Å²) < 4.78 is 0. The molecule has 18 heavy (non-hydrogen) atoms. The maximum absolute atomic E-state index is 12.1. The van der Waals surface area contributed by atoms with Gasteiger partial charge in [-0.3, -0.25) is 4.79 Å². The zero-order valence-corrected chi connectivity index (χ0v) is 12.3. The van der Waals surface area contributed by atoms with Crippen molar-refractivity contribution in [1.82, 2.24) is 5.32 Å². The molecule has 2 aliphatic rings. The van der Waals surface area contributed by atoms with Gasteiger partial charge in [-0.1, -0.05) is 13.8 Å². The molecule has 0 heterocycles. The molecule has 1 amide bonds. The molecule has 0 aromatic rings. The van der Waals surface area contributed by atoms with Gasteiger partial charge in [0.25, 0.3) is 0 Å². The van der Waals surface area contributed by atoms with Gasteiger partial charge in [0, 0.05) is 18.0 Å². The Bertz CT molecular complexity index is 285. The molecule has 0 radical (unpaired) electrons. The Morgan fingerprint density at radius 3 is 2.39 bits per heavy atom. The van der Waals surface area contributed by atoms with E-state index < -0.39 is 0 Å². The molecular weight excluding hydrogens is 248 g/mol. The molecule has 0 saturated heterocycles. The SMILES string of the molecule is CC1CCC(NC(=O)C2CCC(N)C2)C(C)C1.Cl. The predicted octanol–water partition coefficient (Wildman–Crippen LogP) is 2.48. The van der Waals surface area contributed by atoms with Crippen molar-refractivity contribution in [3.63, 3.8) is 0 Å². The quantitative estimate of drug-likeness (QED) is 0.813. The van der Waals surface area contributed by atoms with Gasteiger partial charge in [0.05, 0.1) is 0 Å². The van der Waals surface area contributed by atoms with Crippen molar-refractivity contribution in [1.29, 1.82) is 0 Å². The predicted molar refractivity (Wildman–Crippen MR) is 76.7 cm³/mol. The van der Waals surface area contributed by atoms with Crippen LogP contribution in [0.3, 0.4) is 0 Å². The summed E-state index contributed by atoms with van der Waals surface area (Å²) in [7, 11) is 0. The van der Waals surface area contributed by atoms with Crippen LogP contribution < -0.4 is 11.1 Å². The van der Waals surface area contributed by atoms with Crippen LogP contribution in [-0.4, -0.2) is 18.0 Å². The summed E-state index contributed by atoms with van der Waals surface area (Å²) in [6.07, 6.45) is 6.50. The molecule has 5 atom stereocenters. The Balaban J connectivity index is 0.00000162. The number of hydrogen-bond donors (Lipinski definition) is 2. The van der Waals surface area contributed by atoms with E-state index in [1.54, 1.807) is 0 Å². The van der Waals surface area contributed by atoms with E-state index in [0.29, 0.717) is 12.0 Å². The van der Waals surface area contributed by atoms with Gasteiger partial charge in [-0.2, -0.15) is 0 Å². The van der Waals surface area contributed by atoms with E-state index in [2.05, 4.69) is 19.2 Å². The zero-order chi connectivity index (χ0) is 12.4. The van der Waals surface area contributed by atoms with Gasteiger partial charge < -0.3 is 11.1 Å². The Morgan fingerprint density at radius 1 is 1.11 bits per heavy atom. The number of carbonyl (C=O) groups excluding carboxylic acids is 1. The highest BCUT2D eigenvalue weighted by molar-refractivity contribution is 5.85. The van der Waals surface area contributed by atoms with Crippen LogP contribution in [0.5, 0.6) is 0 Å². The number of hydrogen-bond acceptors (Lipinski definition) is 2. The first-order valence-electron chi connectivity index (χ1n) is 7.12. The summed E-state index contributed by atoms with van der Waals surface area (Å²) in [4.78, 5) is 12.1. The molecule has 0 bridgehead atoms. The summed E-state index contributed by atoms with van der Waals surface area (Å²) in [5, 5.41) is 3.26. The molecule has 4 heteroatoms. The van der Waals surface area contributed by atoms with Crippen LogP contribution in [0.4, 0.5) is 0 Å². The average Bonchev–Trinajstić information content (AvgIpc) is 2.69. The molecular formula is C14H27ClN2O. The summed E-state index contributed by atoms with van der Waals surface area (Å²) in [5.74, 6) is 1.87. The first kappa shape index (κ1) is 15.8. The first-order chi connectivity index (χ1) is 8.06. The molecule has 2 aliphatic carbocycles. The minimum Gasteiger partial charge on any atom is -0.353 e. The lowest BCUT2D eigenvalue weighted by Gasteiger charge is -2.33. The van der Waals surface area contributed by atoms with Crippen molar-refractivity contribution < 1.29 is 4.79 Å². The van der Waals surface area contributed by atoms with Crippen LogP contribution in [0.25, 0.3) is 0 Å². The number of amides is 1. The van der Waals surface area contributed by atoms with E-state index in [-0.39, 0.29) is 30.3 Å². The highest BCUT2D eigenvalue weighted by atomic mass is 35.5. The lowest BCUT2D eigenvalue weighted by Crippen LogP contribution is -2.44. The molecule has 3 nitrogen and oxygen atoms in total. The van der Waals surface area contributed by atoms with E-state index in [1.165, 1.54) is 12.8 Å². The van der Waals surface area contributed by atoms with Crippen molar-refractivity contribution in [2.45, 2.75) is 64.5 Å². The van der Waals surface area contributed by atoms with Crippen molar-refractivity contribution >= 4 is 18.3 Å². The number of halogens is 1. The minimum atomic E-state index is 0. The number of rotatable bonds is 2. The topological polar surface area (TPSA) is 55.1 Å². The van der Waals surface area contributed by atoms with Gasteiger partial charge in [-0.15, -0.1) is 12.4 Å². The normalized spacial score (nSPS) is 40.1. The van der Waals surface area contributed by atoms with Crippen molar-refractivity contribution in [2.75, 3.05) is 0 Å². The summed E-state index contributed by atoms with van der Waals surface area (Å²) in [6.45, 7) is 4.57. The molecule has 2 saturated carbocycles. The maximum Gasteiger partial charge on any atom is 0.223 e. The van der Waals surface area contributed by atoms with Crippen LogP contribution in [-0.2, 0) is 4.79 Å². The molecule has 2 rings (SSSR count). The molecule has 3 N–H and O–H groups in total. The van der Waals surface area contributed by atoms with Crippen molar-refractivity contribution in [2.24, 2.45) is 23.5 Å². The first-order valence-corrected chi connectivity index (χ1v) is 7.12. The molecule has 0 aromatic carbocycles. The lowest BCUT2D eigenvalue weighted by atomic mass is 9.79. The van der Waals surface area contributed by atoms with Crippen LogP contribution in [0.15, 0.2) is 0 Å². The van der Waals surface area contributed by atoms with Gasteiger partial charge in [0.1, 0.15) is 0 Å². The molecule has 106 valence electrons. The Labute approximate surface area is 117 Å². The van der Waals surface area contributed by atoms with Crippen LogP contribution in [0.1, 0.15) is 52.4 Å². The summed E-state index contributed by atoms with van der Waals surface area (Å²) in [5.41, 5.74) is 5.86. The number of nitrogens with two attached hydrogens (primary N) is 1. The number of carbonyl (C=O) groups is 1. The fourth-order valence-corrected chi connectivity index (χ4v) is 3.43. The molecule has 0 aromatic heterocycles. The molecule has 0 spiro atoms. The molecule has 5 unspecified atom stereocenters. The Kier molecular flexibility index (Phi) is 5.93. The van der Waals surface area contributed by atoms with Crippen LogP contribution >= 0.6 is 12.4 Å². The fraction of sp³-hybridized carbons (Fsp3) is 0.929. The fourth-order valence-electron chi connectivity index (χ4n) is 3.43. The van der Waals surface area contributed by atoms with Crippen molar-refractivity contribution in [3.05, 3.63) is 0 Å². The monoisotopic (exact) mass is 274 g/mol. The number of nitrogens with one attached hydrogen (secondary N) is 1. The van der Waals surface area contributed by atoms with E-state index >= 15 is 0 Å². The third-order valence-corrected chi connectivity index (χ3v) is 4.60. The van der Waals surface area contributed by atoms with Crippen molar-refractivity contribution in [3.8, 4) is 0 Å². The van der Waals surface area contributed by atoms with Gasteiger partial charge in [-0.05, 0) is 50.4 Å². The lowest BCUT2D eigenvalue weighted by molar-refractivity contribution is -0.126. The molecule has 0 aliphatic heterocycles. The average molecular weight is 275 g/mol. The van der Waals surface area contributed by atoms with Gasteiger partial charge >= 0.3 is 0 Å². The highest BCUT2D eigenvalue weighted by Gasteiger charge is 2.31. The Morgan fingerprint density at radius 2 is 1.83 bits per heavy atom. The van der Waals surface area contributed by atoms with E-state index in [4.69, 9.17) is 5.73 Å². The van der Waals surface area contributed by atoms with Gasteiger partial charge in [-0.25, -0.2) is 0 Å². The second-order valence-corrected chi connectivity index (χ2v) is 6.28. The maximum atomic E-state index is 12.1. The highest BCUT2D eigenvalue weighted by Crippen LogP contribution is 2.30. The smallest absolute Gasteiger partial charge is 0.223 e. The van der Waals surface area contributed by atoms with E-state index in [9.17, 15) is 4.79 Å². The van der Waals surface area contributed by atoms with E-state index in [1.807, 2.05) is 0 Å².